The molecule has 3 aromatic carbocycles. The molecular formula is C25H17Br3N2O4. The summed E-state index contributed by atoms with van der Waals surface area (Å²) in [7, 11) is 1.56. The summed E-state index contributed by atoms with van der Waals surface area (Å²) in [6, 6.07) is 17.3. The Morgan fingerprint density at radius 1 is 0.941 bits per heavy atom. The van der Waals surface area contributed by atoms with E-state index < -0.39 is 17.8 Å². The van der Waals surface area contributed by atoms with Crippen LogP contribution in [-0.4, -0.2) is 25.0 Å². The lowest BCUT2D eigenvalue weighted by Crippen LogP contribution is -2.54. The predicted octanol–water partition coefficient (Wildman–Crippen LogP) is 6.24. The third kappa shape index (κ3) is 5.01. The number of hydrogen-bond donors (Lipinski definition) is 1. The SMILES string of the molecule is COc1cc(/C=C2\C(=O)NC(=O)N(c3ccc(Br)cc3)C2=O)cc(Br)c1Cc1ccccc1Br. The summed E-state index contributed by atoms with van der Waals surface area (Å²) >= 11 is 10.5. The number of nitrogens with one attached hydrogen (secondary N) is 1. The molecule has 0 spiro atoms. The van der Waals surface area contributed by atoms with Crippen LogP contribution in [-0.2, 0) is 16.0 Å². The number of ether oxygens (including phenoxy) is 1. The van der Waals surface area contributed by atoms with Crippen molar-refractivity contribution in [3.8, 4) is 5.75 Å². The molecule has 0 bridgehead atoms. The fraction of sp³-hybridized carbons (Fsp3) is 0.0800. The van der Waals surface area contributed by atoms with Gasteiger partial charge >= 0.3 is 6.03 Å². The van der Waals surface area contributed by atoms with E-state index >= 15 is 0 Å². The van der Waals surface area contributed by atoms with E-state index in [9.17, 15) is 14.4 Å². The molecule has 1 heterocycles. The highest BCUT2D eigenvalue weighted by atomic mass is 79.9. The summed E-state index contributed by atoms with van der Waals surface area (Å²) in [5, 5.41) is 2.24. The molecular weight excluding hydrogens is 632 g/mol. The number of barbiturate groups is 1. The molecule has 3 aromatic rings. The molecule has 1 N–H and O–H groups in total. The first-order valence-electron chi connectivity index (χ1n) is 10.1. The molecule has 4 amide bonds. The molecule has 9 heteroatoms. The Morgan fingerprint density at radius 3 is 2.32 bits per heavy atom. The van der Waals surface area contributed by atoms with Crippen LogP contribution >= 0.6 is 47.8 Å². The Balaban J connectivity index is 1.71. The van der Waals surface area contributed by atoms with Gasteiger partial charge in [-0.3, -0.25) is 14.9 Å². The molecule has 0 unspecified atom stereocenters. The zero-order valence-electron chi connectivity index (χ0n) is 17.8. The lowest BCUT2D eigenvalue weighted by Gasteiger charge is -2.26. The first-order chi connectivity index (χ1) is 16.3. The number of imide groups is 2. The average molecular weight is 649 g/mol. The van der Waals surface area contributed by atoms with Crippen molar-refractivity contribution >= 4 is 77.4 Å². The zero-order chi connectivity index (χ0) is 24.4. The number of methoxy groups -OCH3 is 1. The van der Waals surface area contributed by atoms with Crippen molar-refractivity contribution in [2.45, 2.75) is 6.42 Å². The molecule has 6 nitrogen and oxygen atoms in total. The van der Waals surface area contributed by atoms with Gasteiger partial charge in [-0.05, 0) is 59.7 Å². The highest BCUT2D eigenvalue weighted by molar-refractivity contribution is 9.11. The highest BCUT2D eigenvalue weighted by Crippen LogP contribution is 2.34. The third-order valence-corrected chi connectivity index (χ3v) is 7.23. The van der Waals surface area contributed by atoms with Crippen LogP contribution in [0.15, 0.2) is 79.7 Å². The number of rotatable bonds is 5. The normalized spacial score (nSPS) is 15.0. The van der Waals surface area contributed by atoms with E-state index in [4.69, 9.17) is 4.74 Å². The summed E-state index contributed by atoms with van der Waals surface area (Å²) in [5.74, 6) is -0.860. The third-order valence-electron chi connectivity index (χ3n) is 5.22. The fourth-order valence-electron chi connectivity index (χ4n) is 3.55. The van der Waals surface area contributed by atoms with Crippen molar-refractivity contribution in [1.82, 2.24) is 5.32 Å². The van der Waals surface area contributed by atoms with E-state index in [0.717, 1.165) is 29.4 Å². The summed E-state index contributed by atoms with van der Waals surface area (Å²) in [6.45, 7) is 0. The number of urea groups is 1. The molecule has 0 aromatic heterocycles. The summed E-state index contributed by atoms with van der Waals surface area (Å²) < 4.78 is 8.16. The van der Waals surface area contributed by atoms with Crippen LogP contribution < -0.4 is 15.0 Å². The minimum atomic E-state index is -0.794. The quantitative estimate of drug-likeness (QED) is 0.263. The molecule has 4 rings (SSSR count). The molecule has 0 saturated carbocycles. The van der Waals surface area contributed by atoms with E-state index in [1.807, 2.05) is 30.3 Å². The van der Waals surface area contributed by atoms with Gasteiger partial charge in [0.05, 0.1) is 12.8 Å². The number of hydrogen-bond acceptors (Lipinski definition) is 4. The van der Waals surface area contributed by atoms with Crippen LogP contribution in [0.2, 0.25) is 0 Å². The largest absolute Gasteiger partial charge is 0.496 e. The molecule has 1 aliphatic rings. The molecule has 1 aliphatic heterocycles. The van der Waals surface area contributed by atoms with Gasteiger partial charge in [-0.1, -0.05) is 66.0 Å². The van der Waals surface area contributed by atoms with Gasteiger partial charge in [0.25, 0.3) is 11.8 Å². The minimum Gasteiger partial charge on any atom is -0.496 e. The molecule has 0 radical (unpaired) electrons. The standard InChI is InChI=1S/C25H17Br3N2O4/c1-34-22-12-14(11-21(28)18(22)13-15-4-2-3-5-20(15)27)10-19-23(31)29-25(33)30(24(19)32)17-8-6-16(26)7-9-17/h2-12H,13H2,1H3,(H,29,31,33)/b19-10+. The van der Waals surface area contributed by atoms with Gasteiger partial charge in [-0.2, -0.15) is 0 Å². The predicted molar refractivity (Wildman–Crippen MR) is 141 cm³/mol. The maximum Gasteiger partial charge on any atom is 0.335 e. The van der Waals surface area contributed by atoms with Gasteiger partial charge in [0.1, 0.15) is 11.3 Å². The van der Waals surface area contributed by atoms with Crippen molar-refractivity contribution in [3.05, 3.63) is 96.3 Å². The first-order valence-corrected chi connectivity index (χ1v) is 12.4. The Hall–Kier alpha value is -2.75. The van der Waals surface area contributed by atoms with E-state index in [2.05, 4.69) is 53.1 Å². The minimum absolute atomic E-state index is 0.157. The first kappa shape index (κ1) is 24.4. The van der Waals surface area contributed by atoms with E-state index in [-0.39, 0.29) is 5.57 Å². The van der Waals surface area contributed by atoms with Crippen LogP contribution in [0, 0.1) is 0 Å². The van der Waals surface area contributed by atoms with Gasteiger partial charge in [0.15, 0.2) is 0 Å². The molecule has 1 saturated heterocycles. The number of benzene rings is 3. The van der Waals surface area contributed by atoms with Crippen molar-refractivity contribution in [2.75, 3.05) is 12.0 Å². The number of amides is 4. The van der Waals surface area contributed by atoms with Gasteiger partial charge in [-0.15, -0.1) is 0 Å². The summed E-state index contributed by atoms with van der Waals surface area (Å²) in [5.41, 5.74) is 2.77. The second-order valence-corrected chi connectivity index (χ2v) is 10.0. The molecule has 34 heavy (non-hydrogen) atoms. The zero-order valence-corrected chi connectivity index (χ0v) is 22.5. The van der Waals surface area contributed by atoms with Gasteiger partial charge < -0.3 is 4.74 Å². The number of nitrogens with zero attached hydrogens (tertiary/aromatic N) is 1. The summed E-state index contributed by atoms with van der Waals surface area (Å²) in [4.78, 5) is 39.0. The van der Waals surface area contributed by atoms with Crippen LogP contribution in [0.3, 0.4) is 0 Å². The Kier molecular flexibility index (Phi) is 7.35. The second-order valence-electron chi connectivity index (χ2n) is 7.39. The van der Waals surface area contributed by atoms with Crippen molar-refractivity contribution in [3.63, 3.8) is 0 Å². The highest BCUT2D eigenvalue weighted by Gasteiger charge is 2.36. The Morgan fingerprint density at radius 2 is 1.65 bits per heavy atom. The number of anilines is 1. The van der Waals surface area contributed by atoms with Crippen LogP contribution in [0.1, 0.15) is 16.7 Å². The molecule has 1 fully saturated rings. The number of halogens is 3. The Bertz CT molecular complexity index is 1340. The van der Waals surface area contributed by atoms with Crippen molar-refractivity contribution < 1.29 is 19.1 Å². The Labute approximate surface area is 221 Å². The number of carbonyl (C=O) groups is 3. The van der Waals surface area contributed by atoms with Crippen molar-refractivity contribution in [2.24, 2.45) is 0 Å². The smallest absolute Gasteiger partial charge is 0.335 e. The lowest BCUT2D eigenvalue weighted by atomic mass is 10.0. The maximum atomic E-state index is 13.1. The lowest BCUT2D eigenvalue weighted by molar-refractivity contribution is -0.122. The molecule has 0 aliphatic carbocycles. The van der Waals surface area contributed by atoms with Crippen LogP contribution in [0.4, 0.5) is 10.5 Å². The maximum absolute atomic E-state index is 13.1. The van der Waals surface area contributed by atoms with Crippen LogP contribution in [0.25, 0.3) is 6.08 Å². The van der Waals surface area contributed by atoms with Gasteiger partial charge in [0, 0.05) is 25.4 Å². The van der Waals surface area contributed by atoms with Gasteiger partial charge in [0.2, 0.25) is 0 Å². The second kappa shape index (κ2) is 10.2. The van der Waals surface area contributed by atoms with Crippen LogP contribution in [0.5, 0.6) is 5.75 Å². The van der Waals surface area contributed by atoms with E-state index in [1.165, 1.54) is 6.08 Å². The topological polar surface area (TPSA) is 75.7 Å². The molecule has 172 valence electrons. The summed E-state index contributed by atoms with van der Waals surface area (Å²) in [6.07, 6.45) is 2.05. The average Bonchev–Trinajstić information content (AvgIpc) is 2.80. The monoisotopic (exact) mass is 646 g/mol. The number of carbonyl (C=O) groups excluding carboxylic acids is 3. The van der Waals surface area contributed by atoms with E-state index in [0.29, 0.717) is 23.4 Å². The van der Waals surface area contributed by atoms with E-state index in [1.54, 1.807) is 37.4 Å². The molecule has 0 atom stereocenters. The van der Waals surface area contributed by atoms with Gasteiger partial charge in [-0.25, -0.2) is 9.69 Å². The van der Waals surface area contributed by atoms with Crippen molar-refractivity contribution in [1.29, 1.82) is 0 Å². The fourth-order valence-corrected chi connectivity index (χ4v) is 4.84.